The summed E-state index contributed by atoms with van der Waals surface area (Å²) in [6, 6.07) is 0. The van der Waals surface area contributed by atoms with Gasteiger partial charge >= 0.3 is 0 Å². The second kappa shape index (κ2) is 6.14. The molecule has 6 heteroatoms. The van der Waals surface area contributed by atoms with Gasteiger partial charge in [-0.2, -0.15) is 0 Å². The van der Waals surface area contributed by atoms with Gasteiger partial charge in [0.05, 0.1) is 21.1 Å². The Morgan fingerprint density at radius 2 is 1.62 bits per heavy atom. The molecule has 2 N–H and O–H groups in total. The van der Waals surface area contributed by atoms with Crippen molar-refractivity contribution in [2.75, 3.05) is 27.7 Å². The second-order valence-corrected chi connectivity index (χ2v) is 3.68. The zero-order valence-corrected chi connectivity index (χ0v) is 10.5. The van der Waals surface area contributed by atoms with E-state index in [-0.39, 0.29) is 24.0 Å². The summed E-state index contributed by atoms with van der Waals surface area (Å²) in [6.07, 6.45) is 0. The van der Waals surface area contributed by atoms with Crippen LogP contribution >= 0.6 is 0 Å². The Balaban J connectivity index is 0. The average Bonchev–Trinajstić information content (AvgIpc) is 1.97. The van der Waals surface area contributed by atoms with Crippen molar-refractivity contribution in [1.29, 1.82) is 0 Å². The van der Waals surface area contributed by atoms with Gasteiger partial charge in [0.1, 0.15) is 12.3 Å². The smallest absolute Gasteiger partial charge is 0.158 e. The lowest BCUT2D eigenvalue weighted by molar-refractivity contribution is -0.860. The van der Waals surface area contributed by atoms with E-state index in [4.69, 9.17) is 10.4 Å². The number of hydrogen-bond acceptors (Lipinski definition) is 4. The number of oxime groups is 2. The standard InChI is InChI=1S/C7H15N3O2.HI/c1-6(8-11)7(9-12)5-10(2,3)4;/h5H2,1-4H3,(H-,11,12);1H. The first-order chi connectivity index (χ1) is 5.40. The topological polar surface area (TPSA) is 65.2 Å². The van der Waals surface area contributed by atoms with Crippen molar-refractivity contribution >= 4 is 11.4 Å². The third-order valence-corrected chi connectivity index (χ3v) is 1.31. The predicted octanol–water partition coefficient (Wildman–Crippen LogP) is -2.62. The normalized spacial score (nSPS) is 13.8. The summed E-state index contributed by atoms with van der Waals surface area (Å²) in [5, 5.41) is 23.0. The first-order valence-electron chi connectivity index (χ1n) is 3.61. The van der Waals surface area contributed by atoms with E-state index in [0.717, 1.165) is 0 Å². The SMILES string of the molecule is CC(=NO)C(C[N+](C)(C)C)=NO.[I-]. The largest absolute Gasteiger partial charge is 1.00 e. The van der Waals surface area contributed by atoms with E-state index < -0.39 is 0 Å². The molecule has 78 valence electrons. The quantitative estimate of drug-likeness (QED) is 0.197. The van der Waals surface area contributed by atoms with Gasteiger partial charge in [0.15, 0.2) is 5.71 Å². The lowest BCUT2D eigenvalue weighted by Gasteiger charge is -2.23. The Labute approximate surface area is 95.3 Å². The van der Waals surface area contributed by atoms with E-state index in [2.05, 4.69) is 10.3 Å². The van der Waals surface area contributed by atoms with Crippen LogP contribution in [0.3, 0.4) is 0 Å². The minimum atomic E-state index is 0. The molecule has 0 radical (unpaired) electrons. The van der Waals surface area contributed by atoms with Gasteiger partial charge < -0.3 is 38.9 Å². The third kappa shape index (κ3) is 6.76. The van der Waals surface area contributed by atoms with Crippen molar-refractivity contribution in [3.63, 3.8) is 0 Å². The van der Waals surface area contributed by atoms with E-state index in [1.54, 1.807) is 6.92 Å². The lowest BCUT2D eigenvalue weighted by Crippen LogP contribution is -3.00. The molecule has 5 nitrogen and oxygen atoms in total. The number of rotatable bonds is 3. The Morgan fingerprint density at radius 3 is 1.85 bits per heavy atom. The van der Waals surface area contributed by atoms with Crippen LogP contribution in [-0.4, -0.2) is 54.0 Å². The van der Waals surface area contributed by atoms with E-state index in [1.165, 1.54) is 0 Å². The van der Waals surface area contributed by atoms with Gasteiger partial charge in [0.2, 0.25) is 0 Å². The number of quaternary nitrogens is 1. The van der Waals surface area contributed by atoms with Gasteiger partial charge in [0.25, 0.3) is 0 Å². The fraction of sp³-hybridized carbons (Fsp3) is 0.714. The molecule has 0 spiro atoms. The molecule has 0 heterocycles. The van der Waals surface area contributed by atoms with Crippen molar-refractivity contribution in [2.45, 2.75) is 6.92 Å². The second-order valence-electron chi connectivity index (χ2n) is 3.68. The molecule has 0 unspecified atom stereocenters. The van der Waals surface area contributed by atoms with E-state index in [0.29, 0.717) is 22.5 Å². The summed E-state index contributed by atoms with van der Waals surface area (Å²) in [4.78, 5) is 0. The molecule has 0 atom stereocenters. The third-order valence-electron chi connectivity index (χ3n) is 1.31. The predicted molar refractivity (Wildman–Crippen MR) is 47.0 cm³/mol. The van der Waals surface area contributed by atoms with Crippen LogP contribution in [0.25, 0.3) is 0 Å². The first kappa shape index (κ1) is 15.1. The van der Waals surface area contributed by atoms with Crippen molar-refractivity contribution in [3.8, 4) is 0 Å². The van der Waals surface area contributed by atoms with Gasteiger partial charge in [-0.3, -0.25) is 0 Å². The highest BCUT2D eigenvalue weighted by Crippen LogP contribution is 1.94. The zero-order chi connectivity index (χ0) is 9.78. The maximum Gasteiger partial charge on any atom is 0.158 e. The molecule has 0 bridgehead atoms. The van der Waals surface area contributed by atoms with Crippen LogP contribution in [0, 0.1) is 0 Å². The maximum absolute atomic E-state index is 8.58. The number of hydrogen-bond donors (Lipinski definition) is 2. The van der Waals surface area contributed by atoms with Crippen LogP contribution in [-0.2, 0) is 0 Å². The molecule has 0 aromatic rings. The lowest BCUT2D eigenvalue weighted by atomic mass is 10.2. The molecular weight excluding hydrogens is 285 g/mol. The maximum atomic E-state index is 8.58. The van der Waals surface area contributed by atoms with Gasteiger partial charge in [-0.05, 0) is 6.92 Å². The molecule has 13 heavy (non-hydrogen) atoms. The van der Waals surface area contributed by atoms with E-state index in [1.807, 2.05) is 21.1 Å². The van der Waals surface area contributed by atoms with Crippen LogP contribution in [0.1, 0.15) is 6.92 Å². The molecule has 0 aliphatic carbocycles. The molecule has 0 amide bonds. The summed E-state index contributed by atoms with van der Waals surface area (Å²) in [5.41, 5.74) is 0.732. The summed E-state index contributed by atoms with van der Waals surface area (Å²) < 4.78 is 0.617. The highest BCUT2D eigenvalue weighted by Gasteiger charge is 2.15. The molecule has 0 aliphatic heterocycles. The highest BCUT2D eigenvalue weighted by atomic mass is 127. The van der Waals surface area contributed by atoms with Gasteiger partial charge in [0, 0.05) is 0 Å². The molecule has 0 aromatic heterocycles. The molecule has 0 saturated carbocycles. The monoisotopic (exact) mass is 301 g/mol. The Kier molecular flexibility index (Phi) is 7.14. The molecular formula is C7H16IN3O2. The van der Waals surface area contributed by atoms with E-state index in [9.17, 15) is 0 Å². The molecule has 0 saturated heterocycles. The molecule has 0 aliphatic rings. The summed E-state index contributed by atoms with van der Waals surface area (Å²) in [6.45, 7) is 2.11. The molecule has 0 aromatic carbocycles. The van der Waals surface area contributed by atoms with Gasteiger partial charge in [-0.1, -0.05) is 10.3 Å². The fourth-order valence-corrected chi connectivity index (χ4v) is 0.725. The Hall–Kier alpha value is -0.370. The minimum absolute atomic E-state index is 0. The zero-order valence-electron chi connectivity index (χ0n) is 8.32. The van der Waals surface area contributed by atoms with Crippen molar-refractivity contribution in [3.05, 3.63) is 0 Å². The van der Waals surface area contributed by atoms with Crippen molar-refractivity contribution < 1.29 is 38.9 Å². The number of halogens is 1. The van der Waals surface area contributed by atoms with Crippen molar-refractivity contribution in [2.24, 2.45) is 10.3 Å². The van der Waals surface area contributed by atoms with Crippen LogP contribution in [0.15, 0.2) is 10.3 Å². The molecule has 0 rings (SSSR count). The van der Waals surface area contributed by atoms with Crippen LogP contribution in [0.5, 0.6) is 0 Å². The summed E-state index contributed by atoms with van der Waals surface area (Å²) >= 11 is 0. The minimum Gasteiger partial charge on any atom is -1.00 e. The van der Waals surface area contributed by atoms with Crippen LogP contribution in [0.2, 0.25) is 0 Å². The van der Waals surface area contributed by atoms with Crippen molar-refractivity contribution in [1.82, 2.24) is 0 Å². The van der Waals surface area contributed by atoms with Gasteiger partial charge in [-0.25, -0.2) is 0 Å². The first-order valence-corrected chi connectivity index (χ1v) is 3.61. The summed E-state index contributed by atoms with van der Waals surface area (Å²) in [7, 11) is 5.86. The fourth-order valence-electron chi connectivity index (χ4n) is 0.725. The molecule has 0 fully saturated rings. The number of nitrogens with zero attached hydrogens (tertiary/aromatic N) is 3. The average molecular weight is 301 g/mol. The Bertz CT molecular complexity index is 208. The summed E-state index contributed by atoms with van der Waals surface area (Å²) in [5.74, 6) is 0. The highest BCUT2D eigenvalue weighted by molar-refractivity contribution is 6.41. The van der Waals surface area contributed by atoms with Gasteiger partial charge in [-0.15, -0.1) is 0 Å². The van der Waals surface area contributed by atoms with E-state index >= 15 is 0 Å². The Morgan fingerprint density at radius 1 is 1.15 bits per heavy atom. The van der Waals surface area contributed by atoms with Crippen LogP contribution in [0.4, 0.5) is 0 Å². The van der Waals surface area contributed by atoms with Crippen LogP contribution < -0.4 is 24.0 Å².